The van der Waals surface area contributed by atoms with Crippen molar-refractivity contribution in [3.05, 3.63) is 11.6 Å². The predicted octanol–water partition coefficient (Wildman–Crippen LogP) is 3.24. The fraction of sp³-hybridized carbons (Fsp3) is 0.778. The number of rotatable bonds is 2. The van der Waals surface area contributed by atoms with Gasteiger partial charge in [-0.2, -0.15) is 11.8 Å². The van der Waals surface area contributed by atoms with Gasteiger partial charge in [-0.15, -0.1) is 0 Å². The molecular weight excluding hydrogens is 140 g/mol. The largest absolute Gasteiger partial charge is 0.161 e. The van der Waals surface area contributed by atoms with Crippen molar-refractivity contribution in [3.63, 3.8) is 0 Å². The summed E-state index contributed by atoms with van der Waals surface area (Å²) in [4.78, 5) is 0. The Bertz CT molecular complexity index is 108. The van der Waals surface area contributed by atoms with Gasteiger partial charge >= 0.3 is 0 Å². The Balaban J connectivity index is 2.23. The van der Waals surface area contributed by atoms with Crippen LogP contribution in [0.25, 0.3) is 0 Å². The van der Waals surface area contributed by atoms with E-state index < -0.39 is 0 Å². The van der Waals surface area contributed by atoms with Crippen LogP contribution in [0.4, 0.5) is 0 Å². The molecule has 0 nitrogen and oxygen atoms in total. The Morgan fingerprint density at radius 2 is 2.00 bits per heavy atom. The summed E-state index contributed by atoms with van der Waals surface area (Å²) >= 11 is 1.92. The van der Waals surface area contributed by atoms with Crippen molar-refractivity contribution in [1.29, 1.82) is 0 Å². The van der Waals surface area contributed by atoms with Crippen molar-refractivity contribution < 1.29 is 0 Å². The molecule has 0 atom stereocenters. The predicted molar refractivity (Wildman–Crippen MR) is 49.6 cm³/mol. The summed E-state index contributed by atoms with van der Waals surface area (Å²) in [5, 5.41) is 0. The SMILES string of the molecule is CSCC=C1CCCCC1. The lowest BCUT2D eigenvalue weighted by molar-refractivity contribution is 0.598. The lowest BCUT2D eigenvalue weighted by Crippen LogP contribution is -1.93. The second kappa shape index (κ2) is 4.84. The number of hydrogen-bond acceptors (Lipinski definition) is 1. The maximum absolute atomic E-state index is 2.42. The standard InChI is InChI=1S/C9H16S/c1-10-8-7-9-5-3-2-4-6-9/h7H,2-6,8H2,1H3. The van der Waals surface area contributed by atoms with Crippen LogP contribution in [0.2, 0.25) is 0 Å². The fourth-order valence-electron chi connectivity index (χ4n) is 1.41. The first kappa shape index (κ1) is 8.19. The third-order valence-electron chi connectivity index (χ3n) is 2.03. The minimum absolute atomic E-state index is 1.22. The summed E-state index contributed by atoms with van der Waals surface area (Å²) in [6, 6.07) is 0. The lowest BCUT2D eigenvalue weighted by atomic mass is 9.95. The average Bonchev–Trinajstić information content (AvgIpc) is 2.03. The van der Waals surface area contributed by atoms with E-state index in [-0.39, 0.29) is 0 Å². The molecule has 0 bridgehead atoms. The number of allylic oxidation sites excluding steroid dienone is 1. The van der Waals surface area contributed by atoms with Crippen LogP contribution in [-0.4, -0.2) is 12.0 Å². The Morgan fingerprint density at radius 1 is 1.30 bits per heavy atom. The minimum atomic E-state index is 1.22. The highest BCUT2D eigenvalue weighted by Crippen LogP contribution is 2.22. The molecule has 0 radical (unpaired) electrons. The van der Waals surface area contributed by atoms with Gasteiger partial charge in [0.1, 0.15) is 0 Å². The van der Waals surface area contributed by atoms with Gasteiger partial charge in [0.15, 0.2) is 0 Å². The van der Waals surface area contributed by atoms with Crippen LogP contribution in [0.1, 0.15) is 32.1 Å². The molecule has 0 spiro atoms. The van der Waals surface area contributed by atoms with E-state index in [9.17, 15) is 0 Å². The van der Waals surface area contributed by atoms with Crippen LogP contribution in [0.15, 0.2) is 11.6 Å². The van der Waals surface area contributed by atoms with Gasteiger partial charge in [0, 0.05) is 5.75 Å². The van der Waals surface area contributed by atoms with Crippen molar-refractivity contribution in [2.75, 3.05) is 12.0 Å². The van der Waals surface area contributed by atoms with E-state index in [1.54, 1.807) is 5.57 Å². The third-order valence-corrected chi connectivity index (χ3v) is 2.53. The van der Waals surface area contributed by atoms with Crippen molar-refractivity contribution in [3.8, 4) is 0 Å². The van der Waals surface area contributed by atoms with Crippen LogP contribution in [-0.2, 0) is 0 Å². The van der Waals surface area contributed by atoms with Crippen molar-refractivity contribution in [2.24, 2.45) is 0 Å². The van der Waals surface area contributed by atoms with E-state index in [4.69, 9.17) is 0 Å². The fourth-order valence-corrected chi connectivity index (χ4v) is 1.81. The third kappa shape index (κ3) is 2.78. The molecule has 0 aromatic rings. The molecule has 10 heavy (non-hydrogen) atoms. The Morgan fingerprint density at radius 3 is 2.60 bits per heavy atom. The van der Waals surface area contributed by atoms with Crippen molar-refractivity contribution in [1.82, 2.24) is 0 Å². The van der Waals surface area contributed by atoms with Crippen LogP contribution in [0, 0.1) is 0 Å². The molecule has 58 valence electrons. The Labute approximate surface area is 68.1 Å². The Kier molecular flexibility index (Phi) is 3.96. The van der Waals surface area contributed by atoms with Crippen LogP contribution in [0.3, 0.4) is 0 Å². The molecule has 0 aromatic carbocycles. The van der Waals surface area contributed by atoms with E-state index in [0.717, 1.165) is 0 Å². The van der Waals surface area contributed by atoms with Gasteiger partial charge in [0.05, 0.1) is 0 Å². The van der Waals surface area contributed by atoms with Gasteiger partial charge < -0.3 is 0 Å². The van der Waals surface area contributed by atoms with E-state index in [0.29, 0.717) is 0 Å². The van der Waals surface area contributed by atoms with E-state index >= 15 is 0 Å². The van der Waals surface area contributed by atoms with E-state index in [1.807, 2.05) is 11.8 Å². The first-order valence-electron chi connectivity index (χ1n) is 4.10. The van der Waals surface area contributed by atoms with E-state index in [2.05, 4.69) is 12.3 Å². The molecule has 0 aliphatic heterocycles. The Hall–Kier alpha value is 0.0900. The molecule has 1 fully saturated rings. The molecule has 0 N–H and O–H groups in total. The lowest BCUT2D eigenvalue weighted by Gasteiger charge is -2.12. The molecule has 1 saturated carbocycles. The number of hydrogen-bond donors (Lipinski definition) is 0. The zero-order valence-corrected chi connectivity index (χ0v) is 7.54. The van der Waals surface area contributed by atoms with Crippen LogP contribution < -0.4 is 0 Å². The molecule has 1 heteroatoms. The summed E-state index contributed by atoms with van der Waals surface area (Å²) < 4.78 is 0. The number of thioether (sulfide) groups is 1. The smallest absolute Gasteiger partial charge is 0.0113 e. The highest BCUT2D eigenvalue weighted by atomic mass is 32.2. The van der Waals surface area contributed by atoms with E-state index in [1.165, 1.54) is 37.9 Å². The summed E-state index contributed by atoms with van der Waals surface area (Å²) in [5.41, 5.74) is 1.71. The topological polar surface area (TPSA) is 0 Å². The van der Waals surface area contributed by atoms with Gasteiger partial charge in [-0.25, -0.2) is 0 Å². The first-order valence-corrected chi connectivity index (χ1v) is 5.49. The van der Waals surface area contributed by atoms with Gasteiger partial charge in [0.2, 0.25) is 0 Å². The quantitative estimate of drug-likeness (QED) is 0.553. The maximum Gasteiger partial charge on any atom is 0.0113 e. The van der Waals surface area contributed by atoms with Gasteiger partial charge in [0.25, 0.3) is 0 Å². The van der Waals surface area contributed by atoms with Crippen LogP contribution in [0.5, 0.6) is 0 Å². The van der Waals surface area contributed by atoms with Gasteiger partial charge in [-0.3, -0.25) is 0 Å². The van der Waals surface area contributed by atoms with Crippen molar-refractivity contribution in [2.45, 2.75) is 32.1 Å². The second-order valence-electron chi connectivity index (χ2n) is 2.88. The van der Waals surface area contributed by atoms with Crippen LogP contribution >= 0.6 is 11.8 Å². The summed E-state index contributed by atoms with van der Waals surface area (Å²) in [6.07, 6.45) is 11.7. The molecule has 0 heterocycles. The first-order chi connectivity index (χ1) is 4.93. The summed E-state index contributed by atoms with van der Waals surface area (Å²) in [7, 11) is 0. The molecular formula is C9H16S. The second-order valence-corrected chi connectivity index (χ2v) is 3.79. The van der Waals surface area contributed by atoms with Crippen molar-refractivity contribution >= 4 is 11.8 Å². The molecule has 0 amide bonds. The highest BCUT2D eigenvalue weighted by Gasteiger charge is 2.03. The average molecular weight is 156 g/mol. The molecule has 1 rings (SSSR count). The monoisotopic (exact) mass is 156 g/mol. The molecule has 0 aromatic heterocycles. The van der Waals surface area contributed by atoms with Gasteiger partial charge in [-0.05, 0) is 31.9 Å². The summed E-state index contributed by atoms with van der Waals surface area (Å²) in [6.45, 7) is 0. The zero-order chi connectivity index (χ0) is 7.23. The zero-order valence-electron chi connectivity index (χ0n) is 6.73. The normalized spacial score (nSPS) is 19.1. The molecule has 0 unspecified atom stereocenters. The maximum atomic E-state index is 2.42. The minimum Gasteiger partial charge on any atom is -0.161 e. The van der Waals surface area contributed by atoms with Gasteiger partial charge in [-0.1, -0.05) is 18.1 Å². The summed E-state index contributed by atoms with van der Waals surface area (Å²) in [5.74, 6) is 1.22. The molecule has 1 aliphatic rings. The molecule has 0 saturated heterocycles. The molecule has 1 aliphatic carbocycles. The highest BCUT2D eigenvalue weighted by molar-refractivity contribution is 7.98.